The number of rotatable bonds is 5. The van der Waals surface area contributed by atoms with E-state index in [1.54, 1.807) is 0 Å². The van der Waals surface area contributed by atoms with Crippen molar-refractivity contribution in [1.82, 2.24) is 0 Å². The van der Waals surface area contributed by atoms with E-state index in [-0.39, 0.29) is 5.71 Å². The highest BCUT2D eigenvalue weighted by atomic mass is 14.5. The lowest BCUT2D eigenvalue weighted by Crippen LogP contribution is -2.15. The molecule has 0 saturated carbocycles. The van der Waals surface area contributed by atoms with Gasteiger partial charge in [-0.1, -0.05) is 45.9 Å². The fourth-order valence-corrected chi connectivity index (χ4v) is 2.19. The summed E-state index contributed by atoms with van der Waals surface area (Å²) >= 11 is 0. The zero-order valence-electron chi connectivity index (χ0n) is 11.8. The molecule has 1 aromatic rings. The first-order valence-corrected chi connectivity index (χ1v) is 6.44. The number of hydrogen-bond acceptors (Lipinski definition) is 2. The lowest BCUT2D eigenvalue weighted by molar-refractivity contribution is 0.811. The summed E-state index contributed by atoms with van der Waals surface area (Å²) in [5, 5.41) is 15.3. The van der Waals surface area contributed by atoms with E-state index in [0.29, 0.717) is 24.0 Å². The Labute approximate surface area is 110 Å². The molecule has 0 spiro atoms. The molecule has 0 aliphatic carbocycles. The second kappa shape index (κ2) is 5.94. The van der Waals surface area contributed by atoms with E-state index in [2.05, 4.69) is 52.8 Å². The third-order valence-electron chi connectivity index (χ3n) is 3.21. The molecule has 0 aromatic heterocycles. The van der Waals surface area contributed by atoms with E-state index in [0.717, 1.165) is 0 Å². The van der Waals surface area contributed by atoms with Crippen LogP contribution in [0.5, 0.6) is 0 Å². The molecule has 0 heterocycles. The maximum Gasteiger partial charge on any atom is 0.0565 e. The fraction of sp³-hybridized carbons (Fsp3) is 0.438. The standard InChI is InChI=1S/C16H23N2/c1-10(2)13-7-6-8-14(11(3)4)15(13)9-16(18)12(5)17/h6-8,10-11,17-18H,5,9H2,1-4H3. The van der Waals surface area contributed by atoms with Gasteiger partial charge in [-0.05, 0) is 35.4 Å². The molecule has 0 bridgehead atoms. The molecule has 0 aliphatic rings. The van der Waals surface area contributed by atoms with Crippen LogP contribution in [-0.4, -0.2) is 11.4 Å². The van der Waals surface area contributed by atoms with Gasteiger partial charge in [-0.2, -0.15) is 0 Å². The molecule has 1 radical (unpaired) electrons. The molecule has 2 heteroatoms. The van der Waals surface area contributed by atoms with Crippen molar-refractivity contribution in [3.05, 3.63) is 41.8 Å². The van der Waals surface area contributed by atoms with Gasteiger partial charge in [-0.15, -0.1) is 0 Å². The van der Waals surface area contributed by atoms with E-state index < -0.39 is 0 Å². The maximum absolute atomic E-state index is 7.87. The Balaban J connectivity index is 3.27. The van der Waals surface area contributed by atoms with Crippen molar-refractivity contribution in [2.45, 2.75) is 46.0 Å². The molecule has 1 aromatic carbocycles. The summed E-state index contributed by atoms with van der Waals surface area (Å²) in [6.07, 6.45) is 0.518. The van der Waals surface area contributed by atoms with Gasteiger partial charge >= 0.3 is 0 Å². The number of nitrogens with one attached hydrogen (secondary N) is 2. The van der Waals surface area contributed by atoms with Crippen molar-refractivity contribution < 1.29 is 0 Å². The molecule has 0 unspecified atom stereocenters. The van der Waals surface area contributed by atoms with Crippen LogP contribution in [0.1, 0.15) is 56.2 Å². The summed E-state index contributed by atoms with van der Waals surface area (Å²) in [4.78, 5) is 0. The molecule has 0 atom stereocenters. The first kappa shape index (κ1) is 14.6. The molecular formula is C16H23N2. The monoisotopic (exact) mass is 243 g/mol. The Morgan fingerprint density at radius 3 is 1.83 bits per heavy atom. The van der Waals surface area contributed by atoms with E-state index in [9.17, 15) is 0 Å². The smallest absolute Gasteiger partial charge is 0.0565 e. The molecule has 2 nitrogen and oxygen atoms in total. The normalized spacial score (nSPS) is 11.1. The van der Waals surface area contributed by atoms with Gasteiger partial charge in [0.15, 0.2) is 0 Å². The predicted molar refractivity (Wildman–Crippen MR) is 79.1 cm³/mol. The average Bonchev–Trinajstić information content (AvgIpc) is 2.28. The Bertz CT molecular complexity index is 430. The largest absolute Gasteiger partial charge is 0.303 e. The summed E-state index contributed by atoms with van der Waals surface area (Å²) in [6.45, 7) is 12.2. The van der Waals surface area contributed by atoms with Crippen LogP contribution in [0.4, 0.5) is 0 Å². The van der Waals surface area contributed by atoms with Gasteiger partial charge < -0.3 is 10.8 Å². The minimum Gasteiger partial charge on any atom is -0.303 e. The number of hydrogen-bond donors (Lipinski definition) is 2. The zero-order valence-corrected chi connectivity index (χ0v) is 11.8. The Morgan fingerprint density at radius 2 is 1.50 bits per heavy atom. The van der Waals surface area contributed by atoms with Crippen molar-refractivity contribution in [2.24, 2.45) is 0 Å². The molecule has 18 heavy (non-hydrogen) atoms. The molecule has 0 fully saturated rings. The summed E-state index contributed by atoms with van der Waals surface area (Å²) in [7, 11) is 0. The van der Waals surface area contributed by atoms with E-state index >= 15 is 0 Å². The first-order valence-electron chi connectivity index (χ1n) is 6.44. The van der Waals surface area contributed by atoms with Crippen molar-refractivity contribution in [2.75, 3.05) is 0 Å². The molecule has 0 aliphatic heterocycles. The third-order valence-corrected chi connectivity index (χ3v) is 3.21. The lowest BCUT2D eigenvalue weighted by Gasteiger charge is -2.19. The fourth-order valence-electron chi connectivity index (χ4n) is 2.19. The molecule has 2 N–H and O–H groups in total. The third kappa shape index (κ3) is 3.28. The quantitative estimate of drug-likeness (QED) is 0.722. The minimum absolute atomic E-state index is 0.114. The minimum atomic E-state index is 0.114. The molecule has 0 saturated heterocycles. The second-order valence-electron chi connectivity index (χ2n) is 5.36. The van der Waals surface area contributed by atoms with Gasteiger partial charge in [0, 0.05) is 6.42 Å². The van der Waals surface area contributed by atoms with E-state index in [1.165, 1.54) is 16.7 Å². The van der Waals surface area contributed by atoms with Crippen LogP contribution >= 0.6 is 0 Å². The molecule has 0 amide bonds. The van der Waals surface area contributed by atoms with E-state index in [4.69, 9.17) is 10.8 Å². The number of benzene rings is 1. The highest BCUT2D eigenvalue weighted by Crippen LogP contribution is 2.28. The van der Waals surface area contributed by atoms with Crippen LogP contribution in [-0.2, 0) is 6.42 Å². The van der Waals surface area contributed by atoms with Gasteiger partial charge in [0.1, 0.15) is 0 Å². The van der Waals surface area contributed by atoms with Gasteiger partial charge in [-0.3, -0.25) is 0 Å². The van der Waals surface area contributed by atoms with Crippen molar-refractivity contribution in [1.29, 1.82) is 10.8 Å². The lowest BCUT2D eigenvalue weighted by atomic mass is 9.86. The van der Waals surface area contributed by atoms with Crippen LogP contribution in [0.2, 0.25) is 0 Å². The Morgan fingerprint density at radius 1 is 1.06 bits per heavy atom. The van der Waals surface area contributed by atoms with Gasteiger partial charge in [0.2, 0.25) is 0 Å². The second-order valence-corrected chi connectivity index (χ2v) is 5.36. The van der Waals surface area contributed by atoms with Crippen LogP contribution in [0.15, 0.2) is 18.2 Å². The van der Waals surface area contributed by atoms with Gasteiger partial charge in [0.25, 0.3) is 0 Å². The summed E-state index contributed by atoms with van der Waals surface area (Å²) in [5.74, 6) is 0.871. The maximum atomic E-state index is 7.87. The average molecular weight is 243 g/mol. The molecule has 1 rings (SSSR count). The van der Waals surface area contributed by atoms with Crippen molar-refractivity contribution in [3.63, 3.8) is 0 Å². The van der Waals surface area contributed by atoms with Gasteiger partial charge in [-0.25, -0.2) is 0 Å². The van der Waals surface area contributed by atoms with Crippen LogP contribution in [0.25, 0.3) is 0 Å². The Kier molecular flexibility index (Phi) is 4.83. The van der Waals surface area contributed by atoms with Crippen LogP contribution in [0, 0.1) is 17.7 Å². The summed E-state index contributed by atoms with van der Waals surface area (Å²) in [6, 6.07) is 6.35. The zero-order chi connectivity index (χ0) is 13.9. The van der Waals surface area contributed by atoms with Crippen molar-refractivity contribution >= 4 is 11.4 Å². The molecular weight excluding hydrogens is 220 g/mol. The molecule has 97 valence electrons. The highest BCUT2D eigenvalue weighted by Gasteiger charge is 2.15. The SMILES string of the molecule is [CH2]C(=N)C(=N)Cc1c(C(C)C)cccc1C(C)C. The highest BCUT2D eigenvalue weighted by molar-refractivity contribution is 6.42. The topological polar surface area (TPSA) is 47.7 Å². The van der Waals surface area contributed by atoms with Crippen molar-refractivity contribution in [3.8, 4) is 0 Å². The summed E-state index contributed by atoms with van der Waals surface area (Å²) in [5.41, 5.74) is 4.20. The predicted octanol–water partition coefficient (Wildman–Crippen LogP) is 4.35. The Hall–Kier alpha value is -1.44. The van der Waals surface area contributed by atoms with E-state index in [1.807, 2.05) is 0 Å². The van der Waals surface area contributed by atoms with Crippen LogP contribution in [0.3, 0.4) is 0 Å². The first-order chi connectivity index (χ1) is 8.34. The van der Waals surface area contributed by atoms with Crippen LogP contribution < -0.4 is 0 Å². The summed E-state index contributed by atoms with van der Waals surface area (Å²) < 4.78 is 0. The van der Waals surface area contributed by atoms with Gasteiger partial charge in [0.05, 0.1) is 11.4 Å².